The van der Waals surface area contributed by atoms with Gasteiger partial charge >= 0.3 is 0 Å². The molecule has 0 fully saturated rings. The maximum atomic E-state index is 2.51. The lowest BCUT2D eigenvalue weighted by molar-refractivity contribution is 0.793. The minimum absolute atomic E-state index is 0.450. The number of hydrogen-bond donors (Lipinski definition) is 0. The second kappa shape index (κ2) is 29.5. The summed E-state index contributed by atoms with van der Waals surface area (Å²) in [4.78, 5) is 4.98. The highest BCUT2D eigenvalue weighted by atomic mass is 15.1. The van der Waals surface area contributed by atoms with Crippen molar-refractivity contribution in [3.05, 3.63) is 542 Å². The van der Waals surface area contributed by atoms with E-state index in [0.29, 0.717) is 0 Å². The molecule has 0 saturated heterocycles. The van der Waals surface area contributed by atoms with Gasteiger partial charge < -0.3 is 9.80 Å². The first-order valence-corrected chi connectivity index (χ1v) is 47.5. The van der Waals surface area contributed by atoms with Gasteiger partial charge in [0, 0.05) is 34.1 Å². The van der Waals surface area contributed by atoms with E-state index < -0.39 is 10.8 Å². The number of hydrogen-bond acceptors (Lipinski definition) is 2. The van der Waals surface area contributed by atoms with Crippen LogP contribution < -0.4 is 9.80 Å². The maximum Gasteiger partial charge on any atom is 0.0726 e. The highest BCUT2D eigenvalue weighted by Gasteiger charge is 2.54. The summed E-state index contributed by atoms with van der Waals surface area (Å²) >= 11 is 0. The van der Waals surface area contributed by atoms with E-state index in [1.54, 1.807) is 0 Å². The Balaban J connectivity index is 0.000000132. The Bertz CT molecular complexity index is 9400. The van der Waals surface area contributed by atoms with Gasteiger partial charge in [-0.25, -0.2) is 0 Å². The lowest BCUT2D eigenvalue weighted by Gasteiger charge is -2.32. The van der Waals surface area contributed by atoms with Crippen LogP contribution in [0.3, 0.4) is 0 Å². The number of fused-ring (bicyclic) bond motifs is 44. The molecule has 4 aliphatic carbocycles. The molecular formula is C134H82N2. The van der Waals surface area contributed by atoms with E-state index in [9.17, 15) is 0 Å². The molecule has 136 heavy (non-hydrogen) atoms. The summed E-state index contributed by atoms with van der Waals surface area (Å²) < 4.78 is 0. The lowest BCUT2D eigenvalue weighted by atomic mass is 9.70. The molecule has 0 N–H and O–H groups in total. The second-order valence-electron chi connectivity index (χ2n) is 37.3. The Morgan fingerprint density at radius 2 is 0.294 bits per heavy atom. The van der Waals surface area contributed by atoms with Crippen LogP contribution >= 0.6 is 0 Å². The normalized spacial score (nSPS) is 13.1. The predicted molar refractivity (Wildman–Crippen MR) is 576 cm³/mol. The number of nitrogens with zero attached hydrogens (tertiary/aromatic N) is 2. The number of rotatable bonds is 8. The third-order valence-electron chi connectivity index (χ3n) is 30.8. The van der Waals surface area contributed by atoms with E-state index in [1.807, 2.05) is 0 Å². The minimum Gasteiger partial charge on any atom is -0.310 e. The molecule has 30 rings (SSSR count). The van der Waals surface area contributed by atoms with Crippen LogP contribution in [0.4, 0.5) is 34.1 Å². The van der Waals surface area contributed by atoms with Gasteiger partial charge in [-0.15, -0.1) is 0 Å². The molecule has 0 saturated carbocycles. The summed E-state index contributed by atoms with van der Waals surface area (Å²) in [5, 5.41) is 30.6. The average molecular weight is 1720 g/mol. The van der Waals surface area contributed by atoms with Gasteiger partial charge in [0.25, 0.3) is 0 Å². The van der Waals surface area contributed by atoms with Crippen molar-refractivity contribution in [2.75, 3.05) is 9.80 Å². The first kappa shape index (κ1) is 76.2. The zero-order valence-corrected chi connectivity index (χ0v) is 74.2. The predicted octanol–water partition coefficient (Wildman–Crippen LogP) is 36.2. The Morgan fingerprint density at radius 3 is 0.596 bits per heavy atom. The largest absolute Gasteiger partial charge is 0.310 e. The fourth-order valence-corrected chi connectivity index (χ4v) is 25.2. The van der Waals surface area contributed by atoms with Crippen molar-refractivity contribution >= 4 is 163 Å². The van der Waals surface area contributed by atoms with E-state index in [2.05, 4.69) is 507 Å². The lowest BCUT2D eigenvalue weighted by Crippen LogP contribution is -2.26. The molecule has 0 unspecified atom stereocenters. The van der Waals surface area contributed by atoms with Crippen molar-refractivity contribution in [2.24, 2.45) is 0 Å². The van der Waals surface area contributed by atoms with Gasteiger partial charge in [-0.1, -0.05) is 413 Å². The Hall–Kier alpha value is -17.6. The Labute approximate surface area is 787 Å². The fourth-order valence-electron chi connectivity index (χ4n) is 25.2. The minimum atomic E-state index is -0.459. The van der Waals surface area contributed by atoms with E-state index in [-0.39, 0.29) is 0 Å². The molecule has 4 aliphatic rings. The van der Waals surface area contributed by atoms with Gasteiger partial charge in [0.15, 0.2) is 0 Å². The molecule has 0 amide bonds. The third kappa shape index (κ3) is 10.8. The van der Waals surface area contributed by atoms with Gasteiger partial charge in [0.1, 0.15) is 0 Å². The van der Waals surface area contributed by atoms with Crippen LogP contribution in [0.25, 0.3) is 196 Å². The van der Waals surface area contributed by atoms with Crippen LogP contribution in [0.5, 0.6) is 0 Å². The zero-order valence-electron chi connectivity index (χ0n) is 74.2. The summed E-state index contributed by atoms with van der Waals surface area (Å²) in [6.45, 7) is 0. The van der Waals surface area contributed by atoms with Crippen LogP contribution in [0.2, 0.25) is 0 Å². The van der Waals surface area contributed by atoms with E-state index in [4.69, 9.17) is 0 Å². The van der Waals surface area contributed by atoms with Crippen LogP contribution in [0, 0.1) is 0 Å². The first-order chi connectivity index (χ1) is 67.5. The summed E-state index contributed by atoms with van der Waals surface area (Å²) in [5.41, 5.74) is 31.7. The van der Waals surface area contributed by atoms with Crippen molar-refractivity contribution < 1.29 is 0 Å². The van der Waals surface area contributed by atoms with Crippen LogP contribution in [0.1, 0.15) is 44.5 Å². The van der Waals surface area contributed by atoms with Gasteiger partial charge in [0.2, 0.25) is 0 Å². The molecule has 2 nitrogen and oxygen atoms in total. The molecule has 0 aromatic heterocycles. The molecule has 26 aromatic rings. The highest BCUT2D eigenvalue weighted by Crippen LogP contribution is 2.66. The molecular weight excluding hydrogens is 1640 g/mol. The Morgan fingerprint density at radius 1 is 0.103 bits per heavy atom. The molecule has 0 bridgehead atoms. The monoisotopic (exact) mass is 1720 g/mol. The summed E-state index contributed by atoms with van der Waals surface area (Å²) in [6, 6.07) is 187. The van der Waals surface area contributed by atoms with Crippen molar-refractivity contribution in [3.63, 3.8) is 0 Å². The van der Waals surface area contributed by atoms with Gasteiger partial charge in [-0.3, -0.25) is 0 Å². The standard InChI is InChI=1S/2C67H41N/c1-3-22-51-47(18-1)49-20-5-7-24-53(49)61-39-43(32-35-55(51)61)42-16-15-17-44(38-42)68(45-33-36-56-52-23-4-2-19-48(52)50-21-6-8-25-54(50)62(56)40-45)46-34-37-60-59-28-11-14-31-65(59)67(66(60)41-46)63-29-12-9-26-57(63)58-27-10-13-30-64(58)67;1-3-19-51-47(15-1)49-17-5-7-21-53(49)61-39-43(31-36-55(51)61)42-29-32-44(33-30-42)68(45-34-37-56-52-20-4-2-16-48(52)50-18-6-8-22-54(50)62(56)40-45)46-35-38-60-59-25-11-14-28-65(59)67(66(60)41-46)63-26-12-9-23-57(63)58-24-10-13-27-64(58)67/h2*1-41H. The maximum absolute atomic E-state index is 2.51. The zero-order chi connectivity index (χ0) is 89.0. The smallest absolute Gasteiger partial charge is 0.0726 e. The third-order valence-corrected chi connectivity index (χ3v) is 30.8. The van der Waals surface area contributed by atoms with E-state index >= 15 is 0 Å². The van der Waals surface area contributed by atoms with Gasteiger partial charge in [-0.2, -0.15) is 0 Å². The molecule has 628 valence electrons. The highest BCUT2D eigenvalue weighted by molar-refractivity contribution is 6.30. The van der Waals surface area contributed by atoms with Crippen molar-refractivity contribution in [1.29, 1.82) is 0 Å². The molecule has 0 radical (unpaired) electrons. The second-order valence-corrected chi connectivity index (χ2v) is 37.3. The first-order valence-electron chi connectivity index (χ1n) is 47.5. The number of anilines is 6. The van der Waals surface area contributed by atoms with E-state index in [0.717, 1.165) is 34.1 Å². The SMILES string of the molecule is c1cc(-c2ccc3c4ccccc4c4ccccc4c3c2)cc(N(c2ccc3c(c2)C2(c4ccccc4-c4ccccc42)c2ccccc2-3)c2ccc3c4ccccc4c4ccccc4c3c2)c1.c1ccc2c(c1)-c1ccccc1C21c2ccccc2-c2ccc(N(c3ccc(-c4ccc5c6ccccc6c6ccccc6c5c4)cc3)c3ccc4c5ccccc5c5ccccc5c4c3)cc21. The van der Waals surface area contributed by atoms with Crippen molar-refractivity contribution in [2.45, 2.75) is 10.8 Å². The van der Waals surface area contributed by atoms with Crippen LogP contribution in [-0.2, 0) is 10.8 Å². The van der Waals surface area contributed by atoms with E-state index in [1.165, 1.54) is 241 Å². The summed E-state index contributed by atoms with van der Waals surface area (Å²) in [6.07, 6.45) is 0. The van der Waals surface area contributed by atoms with Crippen LogP contribution in [0.15, 0.2) is 497 Å². The van der Waals surface area contributed by atoms with Gasteiger partial charge in [0.05, 0.1) is 10.8 Å². The molecule has 2 heteroatoms. The van der Waals surface area contributed by atoms with Gasteiger partial charge in [-0.05, 0) is 325 Å². The average Bonchev–Trinajstić information content (AvgIpc) is 1.51. The topological polar surface area (TPSA) is 6.48 Å². The van der Waals surface area contributed by atoms with Crippen molar-refractivity contribution in [1.82, 2.24) is 0 Å². The molecule has 0 aliphatic heterocycles. The molecule has 0 atom stereocenters. The quantitative estimate of drug-likeness (QED) is 0.140. The van der Waals surface area contributed by atoms with Crippen LogP contribution in [-0.4, -0.2) is 0 Å². The Kier molecular flexibility index (Phi) is 16.5. The molecule has 26 aromatic carbocycles. The fraction of sp³-hybridized carbons (Fsp3) is 0.0149. The number of benzene rings is 26. The molecule has 2 spiro atoms. The summed E-state index contributed by atoms with van der Waals surface area (Å²) in [5.74, 6) is 0. The van der Waals surface area contributed by atoms with Crippen molar-refractivity contribution in [3.8, 4) is 66.8 Å². The molecule has 0 heterocycles. The summed E-state index contributed by atoms with van der Waals surface area (Å²) in [7, 11) is 0.